The number of alkyl halides is 3. The number of piperidine rings is 1. The van der Waals surface area contributed by atoms with E-state index < -0.39 is 11.7 Å². The van der Waals surface area contributed by atoms with Crippen LogP contribution >= 0.6 is 0 Å². The Morgan fingerprint density at radius 2 is 2.07 bits per heavy atom. The summed E-state index contributed by atoms with van der Waals surface area (Å²) in [6.07, 6.45) is 3.65. The van der Waals surface area contributed by atoms with Gasteiger partial charge in [0.25, 0.3) is 0 Å². The van der Waals surface area contributed by atoms with E-state index in [9.17, 15) is 13.2 Å². The molecule has 0 bridgehead atoms. The van der Waals surface area contributed by atoms with Crippen LogP contribution in [-0.2, 0) is 19.1 Å². The predicted octanol–water partition coefficient (Wildman–Crippen LogP) is 4.18. The average Bonchev–Trinajstić information content (AvgIpc) is 3.20. The van der Waals surface area contributed by atoms with Gasteiger partial charge in [0.1, 0.15) is 0 Å². The first-order valence-electron chi connectivity index (χ1n) is 10.4. The van der Waals surface area contributed by atoms with Crippen LogP contribution in [0.25, 0.3) is 0 Å². The number of hydrogen-bond acceptors (Lipinski definition) is 3. The molecule has 1 fully saturated rings. The Hall–Kier alpha value is -1.86. The minimum atomic E-state index is -4.27. The molecule has 0 N–H and O–H groups in total. The van der Waals surface area contributed by atoms with Gasteiger partial charge < -0.3 is 9.80 Å². The largest absolute Gasteiger partial charge is 0.416 e. The lowest BCUT2D eigenvalue weighted by atomic mass is 9.97. The number of rotatable bonds is 9. The Labute approximate surface area is 171 Å². The second-order valence-electron chi connectivity index (χ2n) is 8.14. The minimum Gasteiger partial charge on any atom is -0.306 e. The van der Waals surface area contributed by atoms with E-state index in [-0.39, 0.29) is 0 Å². The molecule has 1 aromatic carbocycles. The van der Waals surface area contributed by atoms with Gasteiger partial charge >= 0.3 is 6.18 Å². The van der Waals surface area contributed by atoms with E-state index in [1.165, 1.54) is 18.6 Å². The Kier molecular flexibility index (Phi) is 7.72. The third-order valence-corrected chi connectivity index (χ3v) is 5.63. The molecule has 29 heavy (non-hydrogen) atoms. The summed E-state index contributed by atoms with van der Waals surface area (Å²) in [7, 11) is 2.17. The van der Waals surface area contributed by atoms with Crippen LogP contribution in [-0.4, -0.2) is 59.4 Å². The van der Waals surface area contributed by atoms with Crippen LogP contribution in [0, 0.1) is 5.92 Å². The van der Waals surface area contributed by atoms with Crippen molar-refractivity contribution >= 4 is 0 Å². The molecule has 1 aromatic heterocycles. The summed E-state index contributed by atoms with van der Waals surface area (Å²) in [6.45, 7) is 5.94. The van der Waals surface area contributed by atoms with Gasteiger partial charge in [0, 0.05) is 38.6 Å². The standard InChI is InChI=1S/C22H31F3N4/c1-27(11-5-14-29-13-4-10-26-29)17-20-7-3-12-28(18-20)15-9-19-6-2-8-21(16-19)22(23,24)25/h2,4,6,8,10,13,16,20H,3,5,7,9,11-12,14-15,17-18H2,1H3. The van der Waals surface area contributed by atoms with Gasteiger partial charge in [0.15, 0.2) is 0 Å². The maximum Gasteiger partial charge on any atom is 0.416 e. The van der Waals surface area contributed by atoms with E-state index in [0.717, 1.165) is 63.7 Å². The van der Waals surface area contributed by atoms with E-state index in [1.807, 2.05) is 16.9 Å². The van der Waals surface area contributed by atoms with Gasteiger partial charge in [-0.1, -0.05) is 18.2 Å². The summed E-state index contributed by atoms with van der Waals surface area (Å²) in [6, 6.07) is 7.68. The fourth-order valence-electron chi connectivity index (χ4n) is 4.16. The average molecular weight is 409 g/mol. The van der Waals surface area contributed by atoms with Gasteiger partial charge in [0.2, 0.25) is 0 Å². The topological polar surface area (TPSA) is 24.3 Å². The van der Waals surface area contributed by atoms with Gasteiger partial charge in [-0.3, -0.25) is 4.68 Å². The van der Waals surface area contributed by atoms with Crippen LogP contribution < -0.4 is 0 Å². The van der Waals surface area contributed by atoms with Crippen LogP contribution in [0.2, 0.25) is 0 Å². The zero-order valence-corrected chi connectivity index (χ0v) is 17.1. The van der Waals surface area contributed by atoms with Crippen molar-refractivity contribution < 1.29 is 13.2 Å². The first-order chi connectivity index (χ1) is 13.9. The fourth-order valence-corrected chi connectivity index (χ4v) is 4.16. The molecule has 1 saturated heterocycles. The SMILES string of the molecule is CN(CCCn1cccn1)CC1CCCN(CCc2cccc(C(F)(F)F)c2)C1. The molecule has 0 saturated carbocycles. The molecule has 1 unspecified atom stereocenters. The lowest BCUT2D eigenvalue weighted by Crippen LogP contribution is -2.41. The first kappa shape index (κ1) is 21.8. The maximum absolute atomic E-state index is 12.9. The van der Waals surface area contributed by atoms with Gasteiger partial charge in [-0.05, 0) is 69.4 Å². The van der Waals surface area contributed by atoms with Crippen LogP contribution in [0.15, 0.2) is 42.7 Å². The van der Waals surface area contributed by atoms with Crippen LogP contribution in [0.3, 0.4) is 0 Å². The highest BCUT2D eigenvalue weighted by atomic mass is 19.4. The molecule has 1 atom stereocenters. The summed E-state index contributed by atoms with van der Waals surface area (Å²) in [4.78, 5) is 4.80. The molecule has 1 aliphatic heterocycles. The smallest absolute Gasteiger partial charge is 0.306 e. The molecule has 2 heterocycles. The van der Waals surface area contributed by atoms with Gasteiger partial charge in [-0.15, -0.1) is 0 Å². The Morgan fingerprint density at radius 1 is 1.21 bits per heavy atom. The van der Waals surface area contributed by atoms with Crippen molar-refractivity contribution in [1.29, 1.82) is 0 Å². The van der Waals surface area contributed by atoms with Crippen molar-refractivity contribution in [2.24, 2.45) is 5.92 Å². The predicted molar refractivity (Wildman–Crippen MR) is 109 cm³/mol. The third-order valence-electron chi connectivity index (χ3n) is 5.63. The van der Waals surface area contributed by atoms with Crippen molar-refractivity contribution in [2.75, 3.05) is 39.8 Å². The maximum atomic E-state index is 12.9. The van der Waals surface area contributed by atoms with Crippen molar-refractivity contribution in [2.45, 2.75) is 38.4 Å². The summed E-state index contributed by atoms with van der Waals surface area (Å²) < 4.78 is 40.6. The van der Waals surface area contributed by atoms with Crippen LogP contribution in [0.5, 0.6) is 0 Å². The number of aryl methyl sites for hydroxylation is 1. The molecular weight excluding hydrogens is 377 g/mol. The molecule has 7 heteroatoms. The molecule has 160 valence electrons. The normalized spacial score (nSPS) is 18.4. The van der Waals surface area contributed by atoms with Gasteiger partial charge in [-0.2, -0.15) is 18.3 Å². The number of aromatic nitrogens is 2. The van der Waals surface area contributed by atoms with E-state index >= 15 is 0 Å². The summed E-state index contributed by atoms with van der Waals surface area (Å²) in [5.41, 5.74) is 0.209. The Balaban J connectivity index is 1.40. The van der Waals surface area contributed by atoms with Crippen molar-refractivity contribution in [1.82, 2.24) is 19.6 Å². The van der Waals surface area contributed by atoms with E-state index in [4.69, 9.17) is 0 Å². The number of likely N-dealkylation sites (tertiary alicyclic amines) is 1. The number of benzene rings is 1. The Morgan fingerprint density at radius 3 is 2.83 bits per heavy atom. The molecular formula is C22H31F3N4. The second kappa shape index (κ2) is 10.3. The quantitative estimate of drug-likeness (QED) is 0.622. The third kappa shape index (κ3) is 7.16. The highest BCUT2D eigenvalue weighted by Crippen LogP contribution is 2.29. The van der Waals surface area contributed by atoms with E-state index in [0.29, 0.717) is 12.3 Å². The van der Waals surface area contributed by atoms with Crippen molar-refractivity contribution in [3.05, 3.63) is 53.9 Å². The Bertz CT molecular complexity index is 730. The fraction of sp³-hybridized carbons (Fsp3) is 0.591. The van der Waals surface area contributed by atoms with Crippen LogP contribution in [0.1, 0.15) is 30.4 Å². The molecule has 0 amide bonds. The number of hydrogen-bond donors (Lipinski definition) is 0. The molecule has 4 nitrogen and oxygen atoms in total. The van der Waals surface area contributed by atoms with Crippen molar-refractivity contribution in [3.63, 3.8) is 0 Å². The summed E-state index contributed by atoms with van der Waals surface area (Å²) in [5, 5.41) is 4.23. The zero-order chi connectivity index (χ0) is 20.7. The first-order valence-corrected chi connectivity index (χ1v) is 10.4. The number of halogens is 3. The highest BCUT2D eigenvalue weighted by Gasteiger charge is 2.30. The molecule has 3 rings (SSSR count). The molecule has 1 aliphatic rings. The lowest BCUT2D eigenvalue weighted by molar-refractivity contribution is -0.137. The summed E-state index contributed by atoms with van der Waals surface area (Å²) in [5.74, 6) is 0.625. The van der Waals surface area contributed by atoms with Gasteiger partial charge in [-0.25, -0.2) is 0 Å². The number of nitrogens with zero attached hydrogens (tertiary/aromatic N) is 4. The minimum absolute atomic E-state index is 0.553. The molecule has 0 spiro atoms. The van der Waals surface area contributed by atoms with Gasteiger partial charge in [0.05, 0.1) is 5.56 Å². The highest BCUT2D eigenvalue weighted by molar-refractivity contribution is 5.25. The van der Waals surface area contributed by atoms with Crippen molar-refractivity contribution in [3.8, 4) is 0 Å². The lowest BCUT2D eigenvalue weighted by Gasteiger charge is -2.34. The van der Waals surface area contributed by atoms with E-state index in [2.05, 4.69) is 21.9 Å². The van der Waals surface area contributed by atoms with Crippen LogP contribution in [0.4, 0.5) is 13.2 Å². The zero-order valence-electron chi connectivity index (χ0n) is 17.1. The monoisotopic (exact) mass is 408 g/mol. The summed E-state index contributed by atoms with van der Waals surface area (Å²) >= 11 is 0. The molecule has 0 radical (unpaired) electrons. The molecule has 0 aliphatic carbocycles. The van der Waals surface area contributed by atoms with E-state index in [1.54, 1.807) is 12.3 Å². The molecule has 2 aromatic rings. The second-order valence-corrected chi connectivity index (χ2v) is 8.14.